The summed E-state index contributed by atoms with van der Waals surface area (Å²) in [5, 5.41) is 12.9. The van der Waals surface area contributed by atoms with E-state index in [-0.39, 0.29) is 19.1 Å². The third-order valence-corrected chi connectivity index (χ3v) is 3.85. The SMILES string of the molecule is CCOC(=O)C(C)(NCC(O)c1c(F)cccc1F)C(C)C. The predicted molar refractivity (Wildman–Crippen MR) is 79.2 cm³/mol. The van der Waals surface area contributed by atoms with E-state index in [1.165, 1.54) is 6.07 Å². The van der Waals surface area contributed by atoms with Gasteiger partial charge in [0.2, 0.25) is 0 Å². The molecule has 0 amide bonds. The van der Waals surface area contributed by atoms with Crippen molar-refractivity contribution in [1.29, 1.82) is 0 Å². The van der Waals surface area contributed by atoms with Crippen molar-refractivity contribution in [2.24, 2.45) is 5.92 Å². The molecule has 22 heavy (non-hydrogen) atoms. The largest absolute Gasteiger partial charge is 0.465 e. The van der Waals surface area contributed by atoms with Gasteiger partial charge < -0.3 is 9.84 Å². The standard InChI is InChI=1S/C16H23F2NO3/c1-5-22-15(21)16(4,10(2)3)19-9-13(20)14-11(17)7-6-8-12(14)18/h6-8,10,13,19-20H,5,9H2,1-4H3. The van der Waals surface area contributed by atoms with Crippen LogP contribution in [0.25, 0.3) is 0 Å². The fraction of sp³-hybridized carbons (Fsp3) is 0.562. The number of aliphatic hydroxyl groups is 1. The van der Waals surface area contributed by atoms with E-state index in [0.717, 1.165) is 12.1 Å². The second-order valence-corrected chi connectivity index (χ2v) is 5.61. The van der Waals surface area contributed by atoms with E-state index in [1.807, 2.05) is 13.8 Å². The van der Waals surface area contributed by atoms with Crippen molar-refractivity contribution >= 4 is 5.97 Å². The van der Waals surface area contributed by atoms with Crippen LogP contribution in [0.1, 0.15) is 39.4 Å². The van der Waals surface area contributed by atoms with Crippen LogP contribution < -0.4 is 5.32 Å². The van der Waals surface area contributed by atoms with Crippen LogP contribution in [0.4, 0.5) is 8.78 Å². The lowest BCUT2D eigenvalue weighted by molar-refractivity contribution is -0.152. The van der Waals surface area contributed by atoms with E-state index in [2.05, 4.69) is 5.32 Å². The first-order valence-corrected chi connectivity index (χ1v) is 7.28. The number of halogens is 2. The Labute approximate surface area is 129 Å². The molecular formula is C16H23F2NO3. The zero-order valence-corrected chi connectivity index (χ0v) is 13.3. The highest BCUT2D eigenvalue weighted by Gasteiger charge is 2.38. The summed E-state index contributed by atoms with van der Waals surface area (Å²) in [6.07, 6.45) is -1.41. The van der Waals surface area contributed by atoms with Crippen LogP contribution in [0.5, 0.6) is 0 Å². The third-order valence-electron chi connectivity index (χ3n) is 3.85. The molecule has 0 aliphatic heterocycles. The van der Waals surface area contributed by atoms with Crippen LogP contribution in [-0.4, -0.2) is 29.8 Å². The van der Waals surface area contributed by atoms with Gasteiger partial charge in [-0.2, -0.15) is 0 Å². The molecule has 0 aliphatic carbocycles. The molecule has 2 unspecified atom stereocenters. The molecule has 2 N–H and O–H groups in total. The molecule has 0 aromatic heterocycles. The number of aliphatic hydroxyl groups excluding tert-OH is 1. The van der Waals surface area contributed by atoms with Crippen LogP contribution in [-0.2, 0) is 9.53 Å². The second kappa shape index (κ2) is 7.65. The predicted octanol–water partition coefficient (Wildman–Crippen LogP) is 2.57. The van der Waals surface area contributed by atoms with Crippen molar-refractivity contribution in [1.82, 2.24) is 5.32 Å². The van der Waals surface area contributed by atoms with Gasteiger partial charge >= 0.3 is 5.97 Å². The Bertz CT molecular complexity index is 502. The van der Waals surface area contributed by atoms with E-state index in [1.54, 1.807) is 13.8 Å². The molecule has 0 saturated carbocycles. The normalized spacial score (nSPS) is 15.5. The number of hydrogen-bond acceptors (Lipinski definition) is 4. The smallest absolute Gasteiger partial charge is 0.326 e. The van der Waals surface area contributed by atoms with Crippen LogP contribution >= 0.6 is 0 Å². The Hall–Kier alpha value is -1.53. The molecule has 0 fully saturated rings. The number of nitrogens with one attached hydrogen (secondary N) is 1. The topological polar surface area (TPSA) is 58.6 Å². The Morgan fingerprint density at radius 3 is 2.36 bits per heavy atom. The summed E-state index contributed by atoms with van der Waals surface area (Å²) in [6, 6.07) is 3.38. The second-order valence-electron chi connectivity index (χ2n) is 5.61. The Morgan fingerprint density at radius 2 is 1.91 bits per heavy atom. The molecule has 0 radical (unpaired) electrons. The molecule has 1 aromatic carbocycles. The van der Waals surface area contributed by atoms with Crippen LogP contribution in [0, 0.1) is 17.6 Å². The first-order chi connectivity index (χ1) is 10.2. The van der Waals surface area contributed by atoms with Gasteiger partial charge in [-0.05, 0) is 31.9 Å². The van der Waals surface area contributed by atoms with Gasteiger partial charge in [0, 0.05) is 6.54 Å². The maximum absolute atomic E-state index is 13.6. The van der Waals surface area contributed by atoms with Crippen molar-refractivity contribution in [2.75, 3.05) is 13.2 Å². The number of carbonyl (C=O) groups excluding carboxylic acids is 1. The van der Waals surface area contributed by atoms with Crippen molar-refractivity contribution in [3.05, 3.63) is 35.4 Å². The highest BCUT2D eigenvalue weighted by atomic mass is 19.1. The number of β-amino-alcohol motifs (C(OH)–C–C–N with tert-alkyl or cyclic N) is 1. The molecular weight excluding hydrogens is 292 g/mol. The quantitative estimate of drug-likeness (QED) is 0.759. The third kappa shape index (κ3) is 4.01. The van der Waals surface area contributed by atoms with Gasteiger partial charge in [0.25, 0.3) is 0 Å². The fourth-order valence-corrected chi connectivity index (χ4v) is 2.03. The van der Waals surface area contributed by atoms with E-state index < -0.39 is 34.8 Å². The first kappa shape index (κ1) is 18.5. The minimum atomic E-state index is -1.41. The summed E-state index contributed by atoms with van der Waals surface area (Å²) in [5.74, 6) is -2.25. The molecule has 2 atom stereocenters. The molecule has 1 aromatic rings. The van der Waals surface area contributed by atoms with Crippen molar-refractivity contribution in [3.63, 3.8) is 0 Å². The monoisotopic (exact) mass is 315 g/mol. The lowest BCUT2D eigenvalue weighted by Gasteiger charge is -2.33. The van der Waals surface area contributed by atoms with Gasteiger partial charge in [-0.3, -0.25) is 10.1 Å². The number of carbonyl (C=O) groups is 1. The Balaban J connectivity index is 2.87. The highest BCUT2D eigenvalue weighted by molar-refractivity contribution is 5.80. The molecule has 0 aliphatic rings. The number of benzene rings is 1. The van der Waals surface area contributed by atoms with Crippen molar-refractivity contribution < 1.29 is 23.4 Å². The van der Waals surface area contributed by atoms with E-state index in [4.69, 9.17) is 4.74 Å². The van der Waals surface area contributed by atoms with Gasteiger partial charge in [0.05, 0.1) is 18.3 Å². The first-order valence-electron chi connectivity index (χ1n) is 7.28. The Kier molecular flexibility index (Phi) is 6.44. The maximum Gasteiger partial charge on any atom is 0.326 e. The van der Waals surface area contributed by atoms with Crippen molar-refractivity contribution in [2.45, 2.75) is 39.3 Å². The average Bonchev–Trinajstić information content (AvgIpc) is 2.44. The van der Waals surface area contributed by atoms with E-state index in [9.17, 15) is 18.7 Å². The lowest BCUT2D eigenvalue weighted by atomic mass is 9.88. The van der Waals surface area contributed by atoms with Gasteiger partial charge in [-0.1, -0.05) is 19.9 Å². The number of hydrogen-bond donors (Lipinski definition) is 2. The summed E-state index contributed by atoms with van der Waals surface area (Å²) in [4.78, 5) is 12.1. The van der Waals surface area contributed by atoms with E-state index >= 15 is 0 Å². The van der Waals surface area contributed by atoms with E-state index in [0.29, 0.717) is 0 Å². The zero-order chi connectivity index (χ0) is 16.9. The van der Waals surface area contributed by atoms with Crippen molar-refractivity contribution in [3.8, 4) is 0 Å². The molecule has 124 valence electrons. The molecule has 6 heteroatoms. The molecule has 0 heterocycles. The molecule has 1 rings (SSSR count). The fourth-order valence-electron chi connectivity index (χ4n) is 2.03. The summed E-state index contributed by atoms with van der Waals surface area (Å²) >= 11 is 0. The van der Waals surface area contributed by atoms with Gasteiger partial charge in [0.1, 0.15) is 17.2 Å². The van der Waals surface area contributed by atoms with Crippen LogP contribution in [0.3, 0.4) is 0 Å². The maximum atomic E-state index is 13.6. The number of rotatable bonds is 7. The minimum absolute atomic E-state index is 0.135. The highest BCUT2D eigenvalue weighted by Crippen LogP contribution is 2.23. The minimum Gasteiger partial charge on any atom is -0.465 e. The van der Waals surface area contributed by atoms with Gasteiger partial charge in [-0.25, -0.2) is 8.78 Å². The summed E-state index contributed by atoms with van der Waals surface area (Å²) in [5.41, 5.74) is -1.47. The molecule has 0 spiro atoms. The zero-order valence-electron chi connectivity index (χ0n) is 13.3. The van der Waals surface area contributed by atoms with Crippen LogP contribution in [0.2, 0.25) is 0 Å². The summed E-state index contributed by atoms with van der Waals surface area (Å²) in [6.45, 7) is 7.03. The number of ether oxygens (including phenoxy) is 1. The Morgan fingerprint density at radius 1 is 1.36 bits per heavy atom. The number of esters is 1. The summed E-state index contributed by atoms with van der Waals surface area (Å²) in [7, 11) is 0. The van der Waals surface area contributed by atoms with Gasteiger partial charge in [-0.15, -0.1) is 0 Å². The molecule has 0 saturated heterocycles. The molecule has 0 bridgehead atoms. The van der Waals surface area contributed by atoms with Gasteiger partial charge in [0.15, 0.2) is 0 Å². The average molecular weight is 315 g/mol. The summed E-state index contributed by atoms with van der Waals surface area (Å²) < 4.78 is 32.3. The van der Waals surface area contributed by atoms with Crippen LogP contribution in [0.15, 0.2) is 18.2 Å². The lowest BCUT2D eigenvalue weighted by Crippen LogP contribution is -2.55. The molecule has 4 nitrogen and oxygen atoms in total.